The van der Waals surface area contributed by atoms with Crippen molar-refractivity contribution in [1.82, 2.24) is 0 Å². The molecular formula is C18H33NO4Si. The second-order valence-electron chi connectivity index (χ2n) is 8.64. The lowest BCUT2D eigenvalue weighted by Gasteiger charge is -2.40. The molecule has 0 amide bonds. The fourth-order valence-electron chi connectivity index (χ4n) is 3.20. The second kappa shape index (κ2) is 7.16. The normalized spacial score (nSPS) is 30.9. The smallest absolute Gasteiger partial charge is 0.350 e. The van der Waals surface area contributed by atoms with Crippen LogP contribution in [0.4, 0.5) is 0 Å². The average Bonchev–Trinajstić information content (AvgIpc) is 2.78. The van der Waals surface area contributed by atoms with Gasteiger partial charge in [-0.3, -0.25) is 0 Å². The van der Waals surface area contributed by atoms with Gasteiger partial charge in [-0.05, 0) is 50.2 Å². The molecule has 5 nitrogen and oxygen atoms in total. The Labute approximate surface area is 147 Å². The SMILES string of the molecule is CCOC(=O)[C@@H]1ON=C2C[C@@H](C)[C@H](O[Si](C)(C)C(C)(C)C)CC[C@H]21. The van der Waals surface area contributed by atoms with E-state index in [1.165, 1.54) is 0 Å². The minimum atomic E-state index is -1.81. The first-order valence-corrected chi connectivity index (χ1v) is 12.0. The van der Waals surface area contributed by atoms with Crippen molar-refractivity contribution in [2.45, 2.75) is 84.2 Å². The molecule has 0 saturated heterocycles. The van der Waals surface area contributed by atoms with Crippen molar-refractivity contribution in [3.63, 3.8) is 0 Å². The number of carbonyl (C=O) groups excluding carboxylic acids is 1. The highest BCUT2D eigenvalue weighted by Crippen LogP contribution is 2.41. The number of hydrogen-bond acceptors (Lipinski definition) is 5. The maximum absolute atomic E-state index is 12.1. The number of ether oxygens (including phenoxy) is 1. The zero-order valence-corrected chi connectivity index (χ0v) is 17.2. The maximum atomic E-state index is 12.1. The maximum Gasteiger partial charge on any atom is 0.350 e. The Bertz CT molecular complexity index is 498. The van der Waals surface area contributed by atoms with Crippen LogP contribution in [0.15, 0.2) is 5.16 Å². The number of fused-ring (bicyclic) bond motifs is 1. The van der Waals surface area contributed by atoms with Gasteiger partial charge in [-0.25, -0.2) is 4.79 Å². The summed E-state index contributed by atoms with van der Waals surface area (Å²) in [6, 6.07) is 0. The van der Waals surface area contributed by atoms with Gasteiger partial charge in [-0.1, -0.05) is 32.9 Å². The molecular weight excluding hydrogens is 322 g/mol. The summed E-state index contributed by atoms with van der Waals surface area (Å²) in [5.41, 5.74) is 1.00. The van der Waals surface area contributed by atoms with Gasteiger partial charge in [-0.15, -0.1) is 0 Å². The van der Waals surface area contributed by atoms with Crippen LogP contribution in [0.25, 0.3) is 0 Å². The van der Waals surface area contributed by atoms with Gasteiger partial charge in [0.15, 0.2) is 8.32 Å². The summed E-state index contributed by atoms with van der Waals surface area (Å²) in [5, 5.41) is 4.40. The first kappa shape index (κ1) is 19.4. The van der Waals surface area contributed by atoms with E-state index >= 15 is 0 Å². The molecule has 0 aromatic carbocycles. The Morgan fingerprint density at radius 3 is 2.58 bits per heavy atom. The van der Waals surface area contributed by atoms with Crippen molar-refractivity contribution >= 4 is 20.0 Å². The van der Waals surface area contributed by atoms with Crippen LogP contribution in [0, 0.1) is 11.8 Å². The summed E-state index contributed by atoms with van der Waals surface area (Å²) in [7, 11) is -1.81. The van der Waals surface area contributed by atoms with E-state index in [1.807, 2.05) is 6.92 Å². The molecule has 0 aromatic heterocycles. The Balaban J connectivity index is 2.07. The third kappa shape index (κ3) is 4.02. The monoisotopic (exact) mass is 355 g/mol. The van der Waals surface area contributed by atoms with Gasteiger partial charge in [0.1, 0.15) is 0 Å². The Morgan fingerprint density at radius 2 is 2.00 bits per heavy atom. The van der Waals surface area contributed by atoms with E-state index in [0.29, 0.717) is 12.5 Å². The zero-order chi connectivity index (χ0) is 18.1. The Kier molecular flexibility index (Phi) is 5.80. The molecule has 2 rings (SSSR count). The van der Waals surface area contributed by atoms with Crippen LogP contribution in [-0.4, -0.2) is 38.8 Å². The predicted octanol–water partition coefficient (Wildman–Crippen LogP) is 4.13. The van der Waals surface area contributed by atoms with Crippen molar-refractivity contribution in [3.05, 3.63) is 0 Å². The summed E-state index contributed by atoms with van der Waals surface area (Å²) in [6.07, 6.45) is 2.29. The number of nitrogens with zero attached hydrogens (tertiary/aromatic N) is 1. The molecule has 1 fully saturated rings. The van der Waals surface area contributed by atoms with Crippen LogP contribution in [0.2, 0.25) is 18.1 Å². The summed E-state index contributed by atoms with van der Waals surface area (Å²) in [5.74, 6) is 0.129. The molecule has 1 aliphatic heterocycles. The summed E-state index contributed by atoms with van der Waals surface area (Å²) >= 11 is 0. The molecule has 24 heavy (non-hydrogen) atoms. The molecule has 0 bridgehead atoms. The molecule has 1 saturated carbocycles. The number of oxime groups is 1. The molecule has 138 valence electrons. The largest absolute Gasteiger partial charge is 0.463 e. The Hall–Kier alpha value is -0.883. The molecule has 6 heteroatoms. The second-order valence-corrected chi connectivity index (χ2v) is 13.4. The van der Waals surface area contributed by atoms with Crippen LogP contribution in [0.5, 0.6) is 0 Å². The lowest BCUT2D eigenvalue weighted by atomic mass is 9.92. The van der Waals surface area contributed by atoms with E-state index in [9.17, 15) is 4.79 Å². The molecule has 4 atom stereocenters. The van der Waals surface area contributed by atoms with E-state index in [2.05, 4.69) is 45.9 Å². The van der Waals surface area contributed by atoms with Gasteiger partial charge in [0, 0.05) is 6.10 Å². The first-order chi connectivity index (χ1) is 11.1. The lowest BCUT2D eigenvalue weighted by Crippen LogP contribution is -2.45. The number of rotatable bonds is 4. The van der Waals surface area contributed by atoms with Gasteiger partial charge in [0.2, 0.25) is 6.10 Å². The van der Waals surface area contributed by atoms with E-state index in [1.54, 1.807) is 0 Å². The van der Waals surface area contributed by atoms with Gasteiger partial charge < -0.3 is 14.0 Å². The fourth-order valence-corrected chi connectivity index (χ4v) is 4.66. The lowest BCUT2D eigenvalue weighted by molar-refractivity contribution is -0.157. The highest BCUT2D eigenvalue weighted by atomic mass is 28.4. The molecule has 0 radical (unpaired) electrons. The standard InChI is InChI=1S/C18H33NO4Si/c1-8-21-17(20)16-13-9-10-15(12(2)11-14(13)19-22-16)23-24(6,7)18(3,4)5/h12-13,15-16H,8-11H2,1-7H3/t12-,13-,15-,16-/m1/s1. The first-order valence-electron chi connectivity index (χ1n) is 9.14. The predicted molar refractivity (Wildman–Crippen MR) is 97.5 cm³/mol. The number of hydrogen-bond donors (Lipinski definition) is 0. The van der Waals surface area contributed by atoms with Gasteiger partial charge >= 0.3 is 5.97 Å². The average molecular weight is 356 g/mol. The summed E-state index contributed by atoms with van der Waals surface area (Å²) < 4.78 is 11.8. The number of esters is 1. The van der Waals surface area contributed by atoms with Crippen molar-refractivity contribution in [3.8, 4) is 0 Å². The van der Waals surface area contributed by atoms with Gasteiger partial charge in [-0.2, -0.15) is 0 Å². The van der Waals surface area contributed by atoms with Crippen molar-refractivity contribution in [2.75, 3.05) is 6.61 Å². The van der Waals surface area contributed by atoms with E-state index in [0.717, 1.165) is 25.0 Å². The van der Waals surface area contributed by atoms with E-state index < -0.39 is 14.4 Å². The topological polar surface area (TPSA) is 57.1 Å². The summed E-state index contributed by atoms with van der Waals surface area (Å²) in [4.78, 5) is 17.5. The van der Waals surface area contributed by atoms with Crippen molar-refractivity contribution in [1.29, 1.82) is 0 Å². The molecule has 2 aliphatic rings. The minimum Gasteiger partial charge on any atom is -0.463 e. The van der Waals surface area contributed by atoms with E-state index in [4.69, 9.17) is 14.0 Å². The Morgan fingerprint density at radius 1 is 1.33 bits per heavy atom. The minimum absolute atomic E-state index is 0.0412. The molecule has 1 aliphatic carbocycles. The zero-order valence-electron chi connectivity index (χ0n) is 16.2. The molecule has 0 N–H and O–H groups in total. The fraction of sp³-hybridized carbons (Fsp3) is 0.889. The molecule has 0 unspecified atom stereocenters. The van der Waals surface area contributed by atoms with Crippen molar-refractivity contribution in [2.24, 2.45) is 17.0 Å². The highest BCUT2D eigenvalue weighted by Gasteiger charge is 2.46. The van der Waals surface area contributed by atoms with Crippen LogP contribution in [0.3, 0.4) is 0 Å². The molecule has 0 spiro atoms. The van der Waals surface area contributed by atoms with Crippen LogP contribution in [0.1, 0.15) is 53.9 Å². The van der Waals surface area contributed by atoms with Gasteiger partial charge in [0.05, 0.1) is 18.2 Å². The third-order valence-electron chi connectivity index (χ3n) is 5.78. The summed E-state index contributed by atoms with van der Waals surface area (Å²) in [6.45, 7) is 15.8. The van der Waals surface area contributed by atoms with Crippen LogP contribution < -0.4 is 0 Å². The quantitative estimate of drug-likeness (QED) is 0.562. The van der Waals surface area contributed by atoms with Crippen LogP contribution in [-0.2, 0) is 18.8 Å². The third-order valence-corrected chi connectivity index (χ3v) is 10.3. The number of carbonyl (C=O) groups is 1. The molecule has 0 aromatic rings. The van der Waals surface area contributed by atoms with Gasteiger partial charge in [0.25, 0.3) is 0 Å². The van der Waals surface area contributed by atoms with E-state index in [-0.39, 0.29) is 23.0 Å². The highest BCUT2D eigenvalue weighted by molar-refractivity contribution is 6.74. The van der Waals surface area contributed by atoms with Crippen LogP contribution >= 0.6 is 0 Å². The van der Waals surface area contributed by atoms with Crippen molar-refractivity contribution < 1.29 is 18.8 Å². The molecule has 1 heterocycles.